The van der Waals surface area contributed by atoms with Crippen molar-refractivity contribution in [3.05, 3.63) is 54.1 Å². The highest BCUT2D eigenvalue weighted by molar-refractivity contribution is 7.91. The van der Waals surface area contributed by atoms with Gasteiger partial charge in [0.15, 0.2) is 9.84 Å². The maximum Gasteiger partial charge on any atom is 0.416 e. The van der Waals surface area contributed by atoms with Crippen molar-refractivity contribution in [2.75, 3.05) is 24.6 Å². The highest BCUT2D eigenvalue weighted by atomic mass is 32.2. The Morgan fingerprint density at radius 1 is 1.00 bits per heavy atom. The molecule has 0 unspecified atom stereocenters. The Bertz CT molecular complexity index is 1210. The van der Waals surface area contributed by atoms with Gasteiger partial charge in [0.25, 0.3) is 5.91 Å². The van der Waals surface area contributed by atoms with E-state index in [1.165, 1.54) is 35.6 Å². The normalized spacial score (nSPS) is 16.6. The first-order chi connectivity index (χ1) is 14.1. The van der Waals surface area contributed by atoms with Gasteiger partial charge in [-0.3, -0.25) is 14.8 Å². The smallest absolute Gasteiger partial charge is 0.335 e. The number of amides is 1. The van der Waals surface area contributed by atoms with Gasteiger partial charge in [0.1, 0.15) is 16.7 Å². The van der Waals surface area contributed by atoms with E-state index in [9.17, 15) is 26.4 Å². The minimum Gasteiger partial charge on any atom is -0.335 e. The summed E-state index contributed by atoms with van der Waals surface area (Å²) in [6, 6.07) is 4.55. The van der Waals surface area contributed by atoms with E-state index >= 15 is 0 Å². The summed E-state index contributed by atoms with van der Waals surface area (Å²) in [6.45, 7) is 0.145. The lowest BCUT2D eigenvalue weighted by Gasteiger charge is -2.26. The van der Waals surface area contributed by atoms with E-state index in [1.54, 1.807) is 0 Å². The number of carbonyl (C=O) groups excluding carboxylic acids is 1. The minimum absolute atomic E-state index is 0.0289. The first-order valence-corrected chi connectivity index (χ1v) is 10.7. The van der Waals surface area contributed by atoms with Crippen LogP contribution in [-0.4, -0.2) is 58.8 Å². The van der Waals surface area contributed by atoms with Crippen LogP contribution in [0.1, 0.15) is 16.1 Å². The molecule has 1 saturated heterocycles. The fourth-order valence-corrected chi connectivity index (χ4v) is 4.37. The molecule has 0 saturated carbocycles. The summed E-state index contributed by atoms with van der Waals surface area (Å²) in [5.41, 5.74) is 0.835. The van der Waals surface area contributed by atoms with E-state index in [0.29, 0.717) is 22.2 Å². The fourth-order valence-electron chi connectivity index (χ4n) is 3.17. The second-order valence-corrected chi connectivity index (χ2v) is 9.13. The van der Waals surface area contributed by atoms with Gasteiger partial charge >= 0.3 is 6.18 Å². The van der Waals surface area contributed by atoms with Gasteiger partial charge in [0.05, 0.1) is 29.5 Å². The summed E-state index contributed by atoms with van der Waals surface area (Å²) in [7, 11) is -3.14. The lowest BCUT2D eigenvalue weighted by molar-refractivity contribution is -0.137. The van der Waals surface area contributed by atoms with Crippen molar-refractivity contribution in [2.24, 2.45) is 0 Å². The molecule has 11 heteroatoms. The van der Waals surface area contributed by atoms with Crippen molar-refractivity contribution >= 4 is 26.8 Å². The van der Waals surface area contributed by atoms with Gasteiger partial charge in [-0.25, -0.2) is 13.4 Å². The molecular weight excluding hydrogens is 421 g/mol. The van der Waals surface area contributed by atoms with Gasteiger partial charge in [-0.05, 0) is 17.7 Å². The van der Waals surface area contributed by atoms with Crippen molar-refractivity contribution in [3.8, 4) is 11.1 Å². The molecule has 1 aromatic carbocycles. The molecule has 3 heterocycles. The topological polar surface area (TPSA) is 93.1 Å². The number of fused-ring (bicyclic) bond motifs is 1. The second kappa shape index (κ2) is 7.31. The Labute approximate surface area is 169 Å². The average Bonchev–Trinajstić information content (AvgIpc) is 2.72. The molecule has 2 aromatic heterocycles. The Morgan fingerprint density at radius 2 is 1.67 bits per heavy atom. The largest absolute Gasteiger partial charge is 0.416 e. The molecule has 1 aliphatic rings. The highest BCUT2D eigenvalue weighted by Crippen LogP contribution is 2.32. The first kappa shape index (κ1) is 20.2. The molecule has 3 aromatic rings. The molecule has 0 atom stereocenters. The maximum atomic E-state index is 12.8. The van der Waals surface area contributed by atoms with Crippen molar-refractivity contribution in [1.29, 1.82) is 0 Å². The van der Waals surface area contributed by atoms with Gasteiger partial charge in [0, 0.05) is 24.8 Å². The molecule has 156 valence electrons. The van der Waals surface area contributed by atoms with Crippen LogP contribution in [0.4, 0.5) is 13.2 Å². The number of benzene rings is 1. The van der Waals surface area contributed by atoms with Crippen LogP contribution in [0.25, 0.3) is 22.2 Å². The highest BCUT2D eigenvalue weighted by Gasteiger charge is 2.30. The van der Waals surface area contributed by atoms with Gasteiger partial charge < -0.3 is 4.90 Å². The van der Waals surface area contributed by atoms with Crippen LogP contribution in [0.5, 0.6) is 0 Å². The van der Waals surface area contributed by atoms with E-state index in [0.717, 1.165) is 12.1 Å². The number of hydrogen-bond acceptors (Lipinski definition) is 6. The van der Waals surface area contributed by atoms with Crippen LogP contribution in [0.2, 0.25) is 0 Å². The lowest BCUT2D eigenvalue weighted by Crippen LogP contribution is -2.44. The third-order valence-electron chi connectivity index (χ3n) is 4.83. The molecule has 1 fully saturated rings. The number of sulfone groups is 1. The molecule has 0 spiro atoms. The van der Waals surface area contributed by atoms with Gasteiger partial charge in [-0.2, -0.15) is 13.2 Å². The molecular formula is C19H15F3N4O3S. The Balaban J connectivity index is 1.70. The van der Waals surface area contributed by atoms with Crippen LogP contribution in [-0.2, 0) is 16.0 Å². The second-order valence-electron chi connectivity index (χ2n) is 6.83. The quantitative estimate of drug-likeness (QED) is 0.613. The molecule has 0 N–H and O–H groups in total. The molecule has 0 radical (unpaired) electrons. The molecule has 4 rings (SSSR count). The zero-order valence-electron chi connectivity index (χ0n) is 15.4. The average molecular weight is 436 g/mol. The third-order valence-corrected chi connectivity index (χ3v) is 6.44. The number of rotatable bonds is 2. The van der Waals surface area contributed by atoms with Crippen LogP contribution in [0.3, 0.4) is 0 Å². The van der Waals surface area contributed by atoms with Crippen molar-refractivity contribution < 1.29 is 26.4 Å². The summed E-state index contributed by atoms with van der Waals surface area (Å²) in [5.74, 6) is -0.671. The van der Waals surface area contributed by atoms with Crippen molar-refractivity contribution in [1.82, 2.24) is 19.9 Å². The predicted octanol–water partition coefficient (Wildman–Crippen LogP) is 2.58. The van der Waals surface area contributed by atoms with E-state index in [4.69, 9.17) is 0 Å². The Kier molecular flexibility index (Phi) is 4.92. The third kappa shape index (κ3) is 3.97. The first-order valence-electron chi connectivity index (χ1n) is 8.92. The van der Waals surface area contributed by atoms with Crippen LogP contribution in [0, 0.1) is 0 Å². The van der Waals surface area contributed by atoms with E-state index < -0.39 is 27.5 Å². The number of pyridine rings is 1. The Morgan fingerprint density at radius 3 is 2.30 bits per heavy atom. The zero-order chi connectivity index (χ0) is 21.5. The fraction of sp³-hybridized carbons (Fsp3) is 0.263. The maximum absolute atomic E-state index is 12.8. The van der Waals surface area contributed by atoms with E-state index in [1.807, 2.05) is 0 Å². The summed E-state index contributed by atoms with van der Waals surface area (Å²) in [5, 5.41) is 0. The molecule has 1 aliphatic heterocycles. The van der Waals surface area contributed by atoms with Crippen LogP contribution >= 0.6 is 0 Å². The number of alkyl halides is 3. The summed E-state index contributed by atoms with van der Waals surface area (Å²) in [4.78, 5) is 26.8. The molecule has 0 aliphatic carbocycles. The monoisotopic (exact) mass is 436 g/mol. The number of nitrogens with zero attached hydrogens (tertiary/aromatic N) is 4. The van der Waals surface area contributed by atoms with Gasteiger partial charge in [-0.1, -0.05) is 12.1 Å². The molecule has 1 amide bonds. The number of hydrogen-bond donors (Lipinski definition) is 0. The SMILES string of the molecule is O=C(c1cnc2cncc(-c3ccc(C(F)(F)F)cc3)c2n1)N1CCS(=O)(=O)CC1. The lowest BCUT2D eigenvalue weighted by atomic mass is 10.0. The predicted molar refractivity (Wildman–Crippen MR) is 102 cm³/mol. The standard InChI is InChI=1S/C19H15F3N4O3S/c20-19(21,22)13-3-1-12(2-4-13)14-9-23-10-15-17(14)25-16(11-24-15)18(27)26-5-7-30(28,29)8-6-26/h1-4,9-11H,5-8H2. The van der Waals surface area contributed by atoms with E-state index in [-0.39, 0.29) is 30.3 Å². The van der Waals surface area contributed by atoms with Crippen molar-refractivity contribution in [3.63, 3.8) is 0 Å². The summed E-state index contributed by atoms with van der Waals surface area (Å²) < 4.78 is 61.6. The summed E-state index contributed by atoms with van der Waals surface area (Å²) >= 11 is 0. The van der Waals surface area contributed by atoms with E-state index in [2.05, 4.69) is 15.0 Å². The van der Waals surface area contributed by atoms with Crippen LogP contribution < -0.4 is 0 Å². The van der Waals surface area contributed by atoms with Crippen LogP contribution in [0.15, 0.2) is 42.9 Å². The van der Waals surface area contributed by atoms with Crippen molar-refractivity contribution in [2.45, 2.75) is 6.18 Å². The molecule has 0 bridgehead atoms. The molecule has 7 nitrogen and oxygen atoms in total. The number of aromatic nitrogens is 3. The van der Waals surface area contributed by atoms with Gasteiger partial charge in [-0.15, -0.1) is 0 Å². The van der Waals surface area contributed by atoms with Gasteiger partial charge in [0.2, 0.25) is 0 Å². The minimum atomic E-state index is -4.45. The Hall–Kier alpha value is -3.08. The molecule has 30 heavy (non-hydrogen) atoms. The zero-order valence-corrected chi connectivity index (χ0v) is 16.2. The number of halogens is 3. The number of carbonyl (C=O) groups is 1. The summed E-state index contributed by atoms with van der Waals surface area (Å²) in [6.07, 6.45) is -0.276.